The van der Waals surface area contributed by atoms with Gasteiger partial charge in [-0.05, 0) is 42.8 Å². The predicted octanol–water partition coefficient (Wildman–Crippen LogP) is 3.47. The SMILES string of the molecule is Cc1cc(NCc2ccc(O)cn2)ccc1Br. The average molecular weight is 293 g/mol. The van der Waals surface area contributed by atoms with Crippen LogP contribution in [0.2, 0.25) is 0 Å². The topological polar surface area (TPSA) is 45.1 Å². The van der Waals surface area contributed by atoms with Gasteiger partial charge in [0, 0.05) is 10.2 Å². The Hall–Kier alpha value is -1.55. The molecule has 0 fully saturated rings. The number of aromatic hydroxyl groups is 1. The van der Waals surface area contributed by atoms with Crippen molar-refractivity contribution < 1.29 is 5.11 Å². The molecule has 0 atom stereocenters. The van der Waals surface area contributed by atoms with E-state index in [1.54, 1.807) is 12.1 Å². The Balaban J connectivity index is 2.02. The largest absolute Gasteiger partial charge is 0.506 e. The molecule has 4 heteroatoms. The molecule has 1 heterocycles. The minimum Gasteiger partial charge on any atom is -0.506 e. The molecule has 1 aromatic carbocycles. The molecule has 2 rings (SSSR count). The summed E-state index contributed by atoms with van der Waals surface area (Å²) >= 11 is 3.47. The number of aromatic nitrogens is 1. The molecule has 0 aliphatic heterocycles. The molecule has 1 aromatic heterocycles. The van der Waals surface area contributed by atoms with Gasteiger partial charge in [0.1, 0.15) is 5.75 Å². The first-order valence-corrected chi connectivity index (χ1v) is 6.08. The van der Waals surface area contributed by atoms with Crippen molar-refractivity contribution >= 4 is 21.6 Å². The molecule has 88 valence electrons. The minimum atomic E-state index is 0.188. The second-order valence-electron chi connectivity index (χ2n) is 3.83. The van der Waals surface area contributed by atoms with E-state index in [1.165, 1.54) is 11.8 Å². The Morgan fingerprint density at radius 2 is 2.12 bits per heavy atom. The van der Waals surface area contributed by atoms with Crippen LogP contribution in [0.4, 0.5) is 5.69 Å². The minimum absolute atomic E-state index is 0.188. The van der Waals surface area contributed by atoms with E-state index in [1.807, 2.05) is 19.1 Å². The van der Waals surface area contributed by atoms with Crippen molar-refractivity contribution in [2.45, 2.75) is 13.5 Å². The van der Waals surface area contributed by atoms with Crippen LogP contribution in [0.25, 0.3) is 0 Å². The number of hydrogen-bond acceptors (Lipinski definition) is 3. The number of aryl methyl sites for hydroxylation is 1. The van der Waals surface area contributed by atoms with Crippen molar-refractivity contribution in [3.05, 3.63) is 52.3 Å². The summed E-state index contributed by atoms with van der Waals surface area (Å²) in [4.78, 5) is 4.11. The van der Waals surface area contributed by atoms with Crippen LogP contribution in [0.15, 0.2) is 41.0 Å². The molecule has 2 aromatic rings. The second-order valence-corrected chi connectivity index (χ2v) is 4.68. The van der Waals surface area contributed by atoms with Crippen LogP contribution in [0.5, 0.6) is 5.75 Å². The number of nitrogens with zero attached hydrogens (tertiary/aromatic N) is 1. The number of halogens is 1. The maximum atomic E-state index is 9.12. The zero-order valence-corrected chi connectivity index (χ0v) is 11.0. The molecule has 17 heavy (non-hydrogen) atoms. The molecular weight excluding hydrogens is 280 g/mol. The van der Waals surface area contributed by atoms with E-state index in [2.05, 4.69) is 32.3 Å². The molecule has 0 spiro atoms. The van der Waals surface area contributed by atoms with E-state index in [0.717, 1.165) is 15.9 Å². The predicted molar refractivity (Wildman–Crippen MR) is 72.1 cm³/mol. The number of anilines is 1. The Labute approximate surface area is 109 Å². The maximum absolute atomic E-state index is 9.12. The smallest absolute Gasteiger partial charge is 0.133 e. The van der Waals surface area contributed by atoms with Gasteiger partial charge in [0.25, 0.3) is 0 Å². The Bertz CT molecular complexity index is 511. The molecule has 0 saturated heterocycles. The highest BCUT2D eigenvalue weighted by atomic mass is 79.9. The standard InChI is InChI=1S/C13H13BrN2O/c1-9-6-10(3-5-13(9)14)15-7-11-2-4-12(17)8-16-11/h2-6,8,15,17H,7H2,1H3. The van der Waals surface area contributed by atoms with E-state index in [4.69, 9.17) is 5.11 Å². The summed E-state index contributed by atoms with van der Waals surface area (Å²) in [5, 5.41) is 12.4. The van der Waals surface area contributed by atoms with Gasteiger partial charge in [-0.2, -0.15) is 0 Å². The quantitative estimate of drug-likeness (QED) is 0.910. The summed E-state index contributed by atoms with van der Waals surface area (Å²) in [6.07, 6.45) is 1.45. The first-order valence-electron chi connectivity index (χ1n) is 5.29. The van der Waals surface area contributed by atoms with Crippen LogP contribution >= 0.6 is 15.9 Å². The van der Waals surface area contributed by atoms with Gasteiger partial charge >= 0.3 is 0 Å². The van der Waals surface area contributed by atoms with Crippen molar-refractivity contribution in [3.63, 3.8) is 0 Å². The van der Waals surface area contributed by atoms with Crippen LogP contribution < -0.4 is 5.32 Å². The average Bonchev–Trinajstić information content (AvgIpc) is 2.33. The zero-order valence-electron chi connectivity index (χ0n) is 9.44. The van der Waals surface area contributed by atoms with E-state index in [9.17, 15) is 0 Å². The Kier molecular flexibility index (Phi) is 3.64. The van der Waals surface area contributed by atoms with Crippen molar-refractivity contribution in [3.8, 4) is 5.75 Å². The van der Waals surface area contributed by atoms with Gasteiger partial charge < -0.3 is 10.4 Å². The second kappa shape index (κ2) is 5.19. The molecule has 0 amide bonds. The fourth-order valence-corrected chi connectivity index (χ4v) is 1.72. The fraction of sp³-hybridized carbons (Fsp3) is 0.154. The van der Waals surface area contributed by atoms with E-state index >= 15 is 0 Å². The molecule has 0 saturated carbocycles. The third-order valence-corrected chi connectivity index (χ3v) is 3.33. The summed E-state index contributed by atoms with van der Waals surface area (Å²) in [6.45, 7) is 2.69. The molecule has 0 bridgehead atoms. The lowest BCUT2D eigenvalue weighted by Gasteiger charge is -2.07. The third kappa shape index (κ3) is 3.20. The van der Waals surface area contributed by atoms with Gasteiger partial charge in [0.05, 0.1) is 18.4 Å². The number of hydrogen-bond donors (Lipinski definition) is 2. The van der Waals surface area contributed by atoms with E-state index in [-0.39, 0.29) is 5.75 Å². The normalized spacial score (nSPS) is 10.2. The molecule has 3 nitrogen and oxygen atoms in total. The molecular formula is C13H13BrN2O. The van der Waals surface area contributed by atoms with Crippen molar-refractivity contribution in [1.29, 1.82) is 0 Å². The number of rotatable bonds is 3. The van der Waals surface area contributed by atoms with Gasteiger partial charge in [0.2, 0.25) is 0 Å². The lowest BCUT2D eigenvalue weighted by atomic mass is 10.2. The van der Waals surface area contributed by atoms with Crippen LogP contribution in [-0.2, 0) is 6.54 Å². The molecule has 0 aliphatic carbocycles. The molecule has 0 unspecified atom stereocenters. The van der Waals surface area contributed by atoms with Gasteiger partial charge in [-0.3, -0.25) is 4.98 Å². The molecule has 2 N–H and O–H groups in total. The van der Waals surface area contributed by atoms with Crippen LogP contribution in [0, 0.1) is 6.92 Å². The number of benzene rings is 1. The van der Waals surface area contributed by atoms with Crippen LogP contribution in [0.1, 0.15) is 11.3 Å². The highest BCUT2D eigenvalue weighted by molar-refractivity contribution is 9.10. The van der Waals surface area contributed by atoms with Crippen molar-refractivity contribution in [2.75, 3.05) is 5.32 Å². The zero-order chi connectivity index (χ0) is 12.3. The van der Waals surface area contributed by atoms with E-state index in [0.29, 0.717) is 6.54 Å². The Morgan fingerprint density at radius 1 is 1.29 bits per heavy atom. The summed E-state index contributed by atoms with van der Waals surface area (Å²) in [6, 6.07) is 9.54. The monoisotopic (exact) mass is 292 g/mol. The summed E-state index contributed by atoms with van der Waals surface area (Å²) in [5.74, 6) is 0.188. The lowest BCUT2D eigenvalue weighted by Crippen LogP contribution is -2.01. The summed E-state index contributed by atoms with van der Waals surface area (Å²) < 4.78 is 1.10. The summed E-state index contributed by atoms with van der Waals surface area (Å²) in [5.41, 5.74) is 3.14. The molecule has 0 radical (unpaired) electrons. The van der Waals surface area contributed by atoms with Crippen molar-refractivity contribution in [1.82, 2.24) is 4.98 Å². The lowest BCUT2D eigenvalue weighted by molar-refractivity contribution is 0.472. The van der Waals surface area contributed by atoms with Gasteiger partial charge in [-0.15, -0.1) is 0 Å². The number of nitrogens with one attached hydrogen (secondary N) is 1. The third-order valence-electron chi connectivity index (χ3n) is 2.44. The first kappa shape index (κ1) is 11.9. The Morgan fingerprint density at radius 3 is 2.76 bits per heavy atom. The van der Waals surface area contributed by atoms with Gasteiger partial charge in [-0.1, -0.05) is 15.9 Å². The maximum Gasteiger partial charge on any atom is 0.133 e. The highest BCUT2D eigenvalue weighted by Gasteiger charge is 1.98. The van der Waals surface area contributed by atoms with Crippen LogP contribution in [-0.4, -0.2) is 10.1 Å². The highest BCUT2D eigenvalue weighted by Crippen LogP contribution is 2.20. The van der Waals surface area contributed by atoms with Crippen molar-refractivity contribution in [2.24, 2.45) is 0 Å². The van der Waals surface area contributed by atoms with Gasteiger partial charge in [-0.25, -0.2) is 0 Å². The van der Waals surface area contributed by atoms with Gasteiger partial charge in [0.15, 0.2) is 0 Å². The van der Waals surface area contributed by atoms with E-state index < -0.39 is 0 Å². The first-order chi connectivity index (χ1) is 8.15. The number of pyridine rings is 1. The fourth-order valence-electron chi connectivity index (χ4n) is 1.47. The van der Waals surface area contributed by atoms with Crippen LogP contribution in [0.3, 0.4) is 0 Å². The summed E-state index contributed by atoms with van der Waals surface area (Å²) in [7, 11) is 0. The molecule has 0 aliphatic rings.